The molecule has 0 aromatic heterocycles. The summed E-state index contributed by atoms with van der Waals surface area (Å²) in [6.07, 6.45) is 4.56. The smallest absolute Gasteiger partial charge is 0.320 e. The molecule has 0 aliphatic carbocycles. The van der Waals surface area contributed by atoms with Gasteiger partial charge < -0.3 is 24.8 Å². The Kier molecular flexibility index (Phi) is 7.98. The number of phenolic OH excluding ortho intramolecular Hbond substituents is 2. The highest BCUT2D eigenvalue weighted by Gasteiger charge is 2.43. The van der Waals surface area contributed by atoms with E-state index in [1.165, 1.54) is 0 Å². The maximum absolute atomic E-state index is 11.5. The van der Waals surface area contributed by atoms with E-state index in [1.54, 1.807) is 24.3 Å². The second-order valence-corrected chi connectivity index (χ2v) is 10.9. The van der Waals surface area contributed by atoms with Gasteiger partial charge in [-0.25, -0.2) is 0 Å². The molecule has 2 aliphatic heterocycles. The standard InChI is InChI=1S/C32H37NO6/c1-32(23-9-11-24(34)12-10-23)21-39-29-20-25(35)13-16-27(29)30(32)22-7-14-26(15-8-22)38-19-5-4-18-33-17-3-2-6-28(33)31(36)37/h7-16,20,28,30,34-35H,2-6,17-19,21H2,1H3,(H,36,37). The number of ether oxygens (including phenoxy) is 2. The number of piperidine rings is 1. The van der Waals surface area contributed by atoms with Gasteiger partial charge in [-0.15, -0.1) is 0 Å². The number of carbonyl (C=O) groups is 1. The molecule has 7 nitrogen and oxygen atoms in total. The van der Waals surface area contributed by atoms with Crippen LogP contribution in [0.25, 0.3) is 0 Å². The first kappa shape index (κ1) is 26.9. The van der Waals surface area contributed by atoms with Gasteiger partial charge >= 0.3 is 5.97 Å². The molecule has 7 heteroatoms. The van der Waals surface area contributed by atoms with Gasteiger partial charge in [-0.05, 0) is 80.2 Å². The van der Waals surface area contributed by atoms with Gasteiger partial charge in [0.25, 0.3) is 0 Å². The molecule has 3 aromatic rings. The number of aliphatic carboxylic acids is 1. The van der Waals surface area contributed by atoms with E-state index in [-0.39, 0.29) is 23.5 Å². The van der Waals surface area contributed by atoms with Crippen molar-refractivity contribution in [1.29, 1.82) is 0 Å². The highest BCUT2D eigenvalue weighted by atomic mass is 16.5. The molecule has 1 saturated heterocycles. The highest BCUT2D eigenvalue weighted by Crippen LogP contribution is 2.50. The first-order valence-corrected chi connectivity index (χ1v) is 13.8. The van der Waals surface area contributed by atoms with E-state index < -0.39 is 11.4 Å². The molecule has 0 radical (unpaired) electrons. The first-order valence-electron chi connectivity index (χ1n) is 13.8. The highest BCUT2D eigenvalue weighted by molar-refractivity contribution is 5.73. The normalized spacial score (nSPS) is 23.0. The lowest BCUT2D eigenvalue weighted by atomic mass is 9.65. The summed E-state index contributed by atoms with van der Waals surface area (Å²) >= 11 is 0. The Morgan fingerprint density at radius 2 is 1.74 bits per heavy atom. The number of nitrogens with zero attached hydrogens (tertiary/aromatic N) is 1. The molecule has 0 bridgehead atoms. The third-order valence-electron chi connectivity index (χ3n) is 8.22. The number of carboxylic acids is 1. The summed E-state index contributed by atoms with van der Waals surface area (Å²) in [5, 5.41) is 29.3. The van der Waals surface area contributed by atoms with Crippen LogP contribution in [0.15, 0.2) is 66.7 Å². The van der Waals surface area contributed by atoms with Crippen LogP contribution >= 0.6 is 0 Å². The van der Waals surface area contributed by atoms with Crippen LogP contribution < -0.4 is 9.47 Å². The first-order chi connectivity index (χ1) is 18.8. The molecular formula is C32H37NO6. The summed E-state index contributed by atoms with van der Waals surface area (Å²) in [4.78, 5) is 13.6. The number of hydrogen-bond donors (Lipinski definition) is 3. The topological polar surface area (TPSA) is 99.5 Å². The molecule has 1 fully saturated rings. The molecule has 5 rings (SSSR count). The van der Waals surface area contributed by atoms with Crippen LogP contribution in [-0.2, 0) is 10.2 Å². The molecule has 3 atom stereocenters. The molecule has 206 valence electrons. The molecule has 3 unspecified atom stereocenters. The Morgan fingerprint density at radius 3 is 2.49 bits per heavy atom. The summed E-state index contributed by atoms with van der Waals surface area (Å²) in [6, 6.07) is 20.4. The van der Waals surface area contributed by atoms with Crippen LogP contribution in [0.5, 0.6) is 23.0 Å². The number of likely N-dealkylation sites (tertiary alicyclic amines) is 1. The zero-order chi connectivity index (χ0) is 27.4. The van der Waals surface area contributed by atoms with E-state index >= 15 is 0 Å². The number of unbranched alkanes of at least 4 members (excludes halogenated alkanes) is 1. The van der Waals surface area contributed by atoms with Crippen molar-refractivity contribution >= 4 is 5.97 Å². The Hall–Kier alpha value is -3.71. The molecule has 3 N–H and O–H groups in total. The number of fused-ring (bicyclic) bond motifs is 1. The van der Waals surface area contributed by atoms with Crippen molar-refractivity contribution in [3.63, 3.8) is 0 Å². The summed E-state index contributed by atoms with van der Waals surface area (Å²) in [5.41, 5.74) is 2.77. The van der Waals surface area contributed by atoms with E-state index in [0.717, 1.165) is 67.6 Å². The van der Waals surface area contributed by atoms with Crippen LogP contribution in [0.2, 0.25) is 0 Å². The van der Waals surface area contributed by atoms with Gasteiger partial charge in [0, 0.05) is 23.0 Å². The predicted octanol–water partition coefficient (Wildman–Crippen LogP) is 5.68. The minimum absolute atomic E-state index is 0.0350. The second kappa shape index (κ2) is 11.6. The van der Waals surface area contributed by atoms with Crippen LogP contribution in [-0.4, -0.2) is 58.5 Å². The van der Waals surface area contributed by atoms with Crippen molar-refractivity contribution in [1.82, 2.24) is 4.90 Å². The van der Waals surface area contributed by atoms with E-state index in [1.807, 2.05) is 30.3 Å². The van der Waals surface area contributed by atoms with Crippen molar-refractivity contribution in [3.8, 4) is 23.0 Å². The second-order valence-electron chi connectivity index (χ2n) is 10.9. The predicted molar refractivity (Wildman–Crippen MR) is 149 cm³/mol. The lowest BCUT2D eigenvalue weighted by molar-refractivity contribution is -0.144. The van der Waals surface area contributed by atoms with Gasteiger partial charge in [-0.3, -0.25) is 9.69 Å². The maximum Gasteiger partial charge on any atom is 0.320 e. The van der Waals surface area contributed by atoms with E-state index in [4.69, 9.17) is 9.47 Å². The van der Waals surface area contributed by atoms with Crippen molar-refractivity contribution < 1.29 is 29.6 Å². The number of aromatic hydroxyl groups is 2. The molecule has 0 spiro atoms. The number of phenols is 2. The molecular weight excluding hydrogens is 494 g/mol. The van der Waals surface area contributed by atoms with Crippen molar-refractivity contribution in [2.75, 3.05) is 26.3 Å². The fraction of sp³-hybridized carbons (Fsp3) is 0.406. The molecule has 3 aromatic carbocycles. The fourth-order valence-corrected chi connectivity index (χ4v) is 6.08. The van der Waals surface area contributed by atoms with Crippen LogP contribution in [0, 0.1) is 0 Å². The quantitative estimate of drug-likeness (QED) is 0.306. The van der Waals surface area contributed by atoms with Crippen LogP contribution in [0.1, 0.15) is 61.6 Å². The number of hydrogen-bond acceptors (Lipinski definition) is 6. The minimum atomic E-state index is -0.712. The molecule has 2 aliphatic rings. The zero-order valence-corrected chi connectivity index (χ0v) is 22.4. The van der Waals surface area contributed by atoms with Crippen molar-refractivity contribution in [2.24, 2.45) is 0 Å². The monoisotopic (exact) mass is 531 g/mol. The molecule has 0 amide bonds. The van der Waals surface area contributed by atoms with Gasteiger partial charge in [0.1, 0.15) is 29.0 Å². The summed E-state index contributed by atoms with van der Waals surface area (Å²) in [6.45, 7) is 4.82. The summed E-state index contributed by atoms with van der Waals surface area (Å²) < 4.78 is 12.2. The van der Waals surface area contributed by atoms with Crippen LogP contribution in [0.3, 0.4) is 0 Å². The van der Waals surface area contributed by atoms with Crippen molar-refractivity contribution in [2.45, 2.75) is 56.4 Å². The third kappa shape index (κ3) is 5.83. The van der Waals surface area contributed by atoms with Gasteiger partial charge in [-0.2, -0.15) is 0 Å². The summed E-state index contributed by atoms with van der Waals surface area (Å²) in [5.74, 6) is 1.12. The fourth-order valence-electron chi connectivity index (χ4n) is 6.08. The van der Waals surface area contributed by atoms with Crippen LogP contribution in [0.4, 0.5) is 0 Å². The van der Waals surface area contributed by atoms with Gasteiger partial charge in [0.15, 0.2) is 0 Å². The van der Waals surface area contributed by atoms with E-state index in [9.17, 15) is 20.1 Å². The maximum atomic E-state index is 11.5. The third-order valence-corrected chi connectivity index (χ3v) is 8.22. The Morgan fingerprint density at radius 1 is 1.00 bits per heavy atom. The van der Waals surface area contributed by atoms with Gasteiger partial charge in [0.05, 0.1) is 13.2 Å². The Balaban J connectivity index is 1.27. The Labute approximate surface area is 229 Å². The van der Waals surface area contributed by atoms with E-state index in [2.05, 4.69) is 24.0 Å². The number of carboxylic acid groups (broad SMARTS) is 1. The van der Waals surface area contributed by atoms with Gasteiger partial charge in [0.2, 0.25) is 0 Å². The lowest BCUT2D eigenvalue weighted by Gasteiger charge is -2.43. The van der Waals surface area contributed by atoms with E-state index in [0.29, 0.717) is 19.0 Å². The molecule has 0 saturated carbocycles. The molecule has 39 heavy (non-hydrogen) atoms. The summed E-state index contributed by atoms with van der Waals surface area (Å²) in [7, 11) is 0. The largest absolute Gasteiger partial charge is 0.508 e. The average molecular weight is 532 g/mol. The zero-order valence-electron chi connectivity index (χ0n) is 22.4. The SMILES string of the molecule is CC1(c2ccc(O)cc2)COc2cc(O)ccc2C1c1ccc(OCCCCN2CCCCC2C(=O)O)cc1. The number of rotatable bonds is 9. The van der Waals surface area contributed by atoms with Gasteiger partial charge in [-0.1, -0.05) is 43.7 Å². The lowest BCUT2D eigenvalue weighted by Crippen LogP contribution is -2.45. The van der Waals surface area contributed by atoms with Crippen molar-refractivity contribution in [3.05, 3.63) is 83.4 Å². The average Bonchev–Trinajstić information content (AvgIpc) is 2.94. The number of benzene rings is 3. The Bertz CT molecular complexity index is 1270. The molecule has 2 heterocycles. The minimum Gasteiger partial charge on any atom is -0.508 e.